The molecule has 0 N–H and O–H groups in total. The second kappa shape index (κ2) is 7.14. The molecule has 1 saturated carbocycles. The van der Waals surface area contributed by atoms with E-state index >= 15 is 0 Å². The highest BCUT2D eigenvalue weighted by Gasteiger charge is 2.20. The lowest BCUT2D eigenvalue weighted by Crippen LogP contribution is -2.08. The molecule has 0 spiro atoms. The molecule has 3 rings (SSSR count). The third-order valence-corrected chi connectivity index (χ3v) is 3.35. The van der Waals surface area contributed by atoms with E-state index in [0.717, 1.165) is 29.8 Å². The SMILES string of the molecule is c1ccc(Oc2ccc(OCCOCC3CC3)cc2)cc1. The van der Waals surface area contributed by atoms with Gasteiger partial charge in [-0.25, -0.2) is 0 Å². The van der Waals surface area contributed by atoms with Crippen molar-refractivity contribution in [1.82, 2.24) is 0 Å². The third kappa shape index (κ3) is 4.80. The van der Waals surface area contributed by atoms with E-state index in [2.05, 4.69) is 0 Å². The molecule has 1 aliphatic carbocycles. The minimum absolute atomic E-state index is 0.589. The molecule has 2 aromatic carbocycles. The fraction of sp³-hybridized carbons (Fsp3) is 0.333. The van der Waals surface area contributed by atoms with Crippen LogP contribution in [0, 0.1) is 5.92 Å². The molecule has 0 amide bonds. The van der Waals surface area contributed by atoms with Crippen LogP contribution >= 0.6 is 0 Å². The van der Waals surface area contributed by atoms with Crippen LogP contribution in [0.5, 0.6) is 17.2 Å². The normalized spacial score (nSPS) is 13.9. The lowest BCUT2D eigenvalue weighted by atomic mass is 10.3. The van der Waals surface area contributed by atoms with E-state index in [9.17, 15) is 0 Å². The molecule has 0 unspecified atom stereocenters. The summed E-state index contributed by atoms with van der Waals surface area (Å²) in [4.78, 5) is 0. The van der Waals surface area contributed by atoms with Gasteiger partial charge < -0.3 is 14.2 Å². The van der Waals surface area contributed by atoms with Crippen LogP contribution in [0.2, 0.25) is 0 Å². The molecular formula is C18H20O3. The van der Waals surface area contributed by atoms with Crippen molar-refractivity contribution in [2.24, 2.45) is 5.92 Å². The molecule has 0 aliphatic heterocycles. The molecule has 0 aromatic heterocycles. The van der Waals surface area contributed by atoms with Crippen LogP contribution in [-0.4, -0.2) is 19.8 Å². The van der Waals surface area contributed by atoms with Crippen LogP contribution in [0.3, 0.4) is 0 Å². The van der Waals surface area contributed by atoms with Gasteiger partial charge in [0.1, 0.15) is 23.9 Å². The number of hydrogen-bond donors (Lipinski definition) is 0. The van der Waals surface area contributed by atoms with Gasteiger partial charge in [-0.2, -0.15) is 0 Å². The predicted molar refractivity (Wildman–Crippen MR) is 82.0 cm³/mol. The van der Waals surface area contributed by atoms with Crippen LogP contribution in [0.1, 0.15) is 12.8 Å². The molecule has 3 nitrogen and oxygen atoms in total. The summed E-state index contributed by atoms with van der Waals surface area (Å²) in [6.07, 6.45) is 2.65. The Morgan fingerprint density at radius 2 is 1.43 bits per heavy atom. The number of para-hydroxylation sites is 1. The average Bonchev–Trinajstić information content (AvgIpc) is 3.34. The second-order valence-corrected chi connectivity index (χ2v) is 5.25. The molecule has 3 heteroatoms. The van der Waals surface area contributed by atoms with Crippen LogP contribution in [0.15, 0.2) is 54.6 Å². The first kappa shape index (κ1) is 14.0. The fourth-order valence-electron chi connectivity index (χ4n) is 1.98. The molecule has 110 valence electrons. The lowest BCUT2D eigenvalue weighted by Gasteiger charge is -2.08. The van der Waals surface area contributed by atoms with Gasteiger partial charge in [-0.3, -0.25) is 0 Å². The topological polar surface area (TPSA) is 27.7 Å². The van der Waals surface area contributed by atoms with Crippen molar-refractivity contribution in [1.29, 1.82) is 0 Å². The quantitative estimate of drug-likeness (QED) is 0.677. The smallest absolute Gasteiger partial charge is 0.127 e. The van der Waals surface area contributed by atoms with E-state index in [0.29, 0.717) is 13.2 Å². The second-order valence-electron chi connectivity index (χ2n) is 5.25. The molecule has 0 radical (unpaired) electrons. The number of rotatable bonds is 8. The Labute approximate surface area is 125 Å². The standard InChI is InChI=1S/C18H20O3/c1-2-4-17(5-3-1)21-18-10-8-16(9-11-18)20-13-12-19-14-15-6-7-15/h1-5,8-11,15H,6-7,12-14H2. The Morgan fingerprint density at radius 3 is 2.14 bits per heavy atom. The van der Waals surface area contributed by atoms with Gasteiger partial charge in [0, 0.05) is 6.61 Å². The molecule has 2 aromatic rings. The summed E-state index contributed by atoms with van der Waals surface area (Å²) in [6.45, 7) is 2.12. The van der Waals surface area contributed by atoms with Crippen LogP contribution in [0.4, 0.5) is 0 Å². The van der Waals surface area contributed by atoms with Gasteiger partial charge in [-0.1, -0.05) is 18.2 Å². The maximum atomic E-state index is 5.73. The third-order valence-electron chi connectivity index (χ3n) is 3.35. The molecule has 1 aliphatic rings. The van der Waals surface area contributed by atoms with Crippen molar-refractivity contribution < 1.29 is 14.2 Å². The van der Waals surface area contributed by atoms with Gasteiger partial charge in [-0.15, -0.1) is 0 Å². The summed E-state index contributed by atoms with van der Waals surface area (Å²) in [5.74, 6) is 3.28. The first-order valence-electron chi connectivity index (χ1n) is 7.44. The molecule has 21 heavy (non-hydrogen) atoms. The largest absolute Gasteiger partial charge is 0.491 e. The average molecular weight is 284 g/mol. The highest BCUT2D eigenvalue weighted by atomic mass is 16.5. The summed E-state index contributed by atoms with van der Waals surface area (Å²) in [7, 11) is 0. The molecule has 0 atom stereocenters. The Bertz CT molecular complexity index is 532. The predicted octanol–water partition coefficient (Wildman–Crippen LogP) is 4.28. The van der Waals surface area contributed by atoms with Gasteiger partial charge in [0.25, 0.3) is 0 Å². The van der Waals surface area contributed by atoms with Crippen LogP contribution in [-0.2, 0) is 4.74 Å². The van der Waals surface area contributed by atoms with Crippen molar-refractivity contribution in [3.8, 4) is 17.2 Å². The Morgan fingerprint density at radius 1 is 0.762 bits per heavy atom. The van der Waals surface area contributed by atoms with Gasteiger partial charge in [0.05, 0.1) is 6.61 Å². The fourth-order valence-corrected chi connectivity index (χ4v) is 1.98. The lowest BCUT2D eigenvalue weighted by molar-refractivity contribution is 0.0927. The van der Waals surface area contributed by atoms with Crippen LogP contribution in [0.25, 0.3) is 0 Å². The first-order chi connectivity index (χ1) is 10.4. The number of ether oxygens (including phenoxy) is 3. The summed E-state index contributed by atoms with van der Waals surface area (Å²) >= 11 is 0. The van der Waals surface area contributed by atoms with E-state index in [-0.39, 0.29) is 0 Å². The molecule has 0 heterocycles. The zero-order valence-electron chi connectivity index (χ0n) is 12.0. The van der Waals surface area contributed by atoms with Crippen LogP contribution < -0.4 is 9.47 Å². The highest BCUT2D eigenvalue weighted by molar-refractivity contribution is 5.35. The van der Waals surface area contributed by atoms with Gasteiger partial charge in [-0.05, 0) is 55.2 Å². The summed E-state index contributed by atoms with van der Waals surface area (Å²) in [5, 5.41) is 0. The Hall–Kier alpha value is -2.00. The van der Waals surface area contributed by atoms with Crippen molar-refractivity contribution >= 4 is 0 Å². The highest BCUT2D eigenvalue weighted by Crippen LogP contribution is 2.28. The van der Waals surface area contributed by atoms with Gasteiger partial charge in [0.2, 0.25) is 0 Å². The van der Waals surface area contributed by atoms with Crippen molar-refractivity contribution in [2.45, 2.75) is 12.8 Å². The van der Waals surface area contributed by atoms with Crippen molar-refractivity contribution in [2.75, 3.05) is 19.8 Å². The van der Waals surface area contributed by atoms with E-state index in [1.165, 1.54) is 12.8 Å². The summed E-state index contributed by atoms with van der Waals surface area (Å²) < 4.78 is 16.9. The Kier molecular flexibility index (Phi) is 4.74. The maximum Gasteiger partial charge on any atom is 0.127 e. The minimum Gasteiger partial charge on any atom is -0.491 e. The summed E-state index contributed by atoms with van der Waals surface area (Å²) in [6, 6.07) is 17.4. The van der Waals surface area contributed by atoms with Crippen molar-refractivity contribution in [3.05, 3.63) is 54.6 Å². The molecule has 0 bridgehead atoms. The minimum atomic E-state index is 0.589. The number of hydrogen-bond acceptors (Lipinski definition) is 3. The maximum absolute atomic E-state index is 5.73. The Balaban J connectivity index is 1.40. The van der Waals surface area contributed by atoms with E-state index in [4.69, 9.17) is 14.2 Å². The molecule has 0 saturated heterocycles. The zero-order chi connectivity index (χ0) is 14.3. The monoisotopic (exact) mass is 284 g/mol. The summed E-state index contributed by atoms with van der Waals surface area (Å²) in [5.41, 5.74) is 0. The first-order valence-corrected chi connectivity index (χ1v) is 7.44. The molecular weight excluding hydrogens is 264 g/mol. The van der Waals surface area contributed by atoms with E-state index < -0.39 is 0 Å². The van der Waals surface area contributed by atoms with Crippen molar-refractivity contribution in [3.63, 3.8) is 0 Å². The number of benzene rings is 2. The van der Waals surface area contributed by atoms with E-state index in [1.54, 1.807) is 0 Å². The van der Waals surface area contributed by atoms with Gasteiger partial charge in [0.15, 0.2) is 0 Å². The van der Waals surface area contributed by atoms with E-state index in [1.807, 2.05) is 54.6 Å². The van der Waals surface area contributed by atoms with Gasteiger partial charge >= 0.3 is 0 Å². The molecule has 1 fully saturated rings. The zero-order valence-corrected chi connectivity index (χ0v) is 12.0.